The fourth-order valence-corrected chi connectivity index (χ4v) is 2.38. The lowest BCUT2D eigenvalue weighted by molar-refractivity contribution is 0.209. The normalized spacial score (nSPS) is 13.7. The van der Waals surface area contributed by atoms with Crippen LogP contribution in [-0.4, -0.2) is 11.2 Å². The van der Waals surface area contributed by atoms with E-state index in [4.69, 9.17) is 9.84 Å². The molecule has 2 aromatic rings. The van der Waals surface area contributed by atoms with Crippen LogP contribution in [0.2, 0.25) is 0 Å². The van der Waals surface area contributed by atoms with E-state index in [0.717, 1.165) is 11.3 Å². The molecule has 21 heavy (non-hydrogen) atoms. The molecule has 2 N–H and O–H groups in total. The third kappa shape index (κ3) is 3.34. The Hall–Kier alpha value is -2.49. The molecule has 1 aliphatic rings. The van der Waals surface area contributed by atoms with Crippen molar-refractivity contribution in [3.63, 3.8) is 0 Å². The molecule has 0 saturated heterocycles. The molecular formula is C17H17NO3. The van der Waals surface area contributed by atoms with E-state index in [1.165, 1.54) is 18.4 Å². The number of carboxylic acid groups (broad SMARTS) is 1. The number of benzene rings is 2. The molecule has 3 rings (SSSR count). The highest BCUT2D eigenvalue weighted by molar-refractivity contribution is 5.83. The molecule has 0 radical (unpaired) electrons. The first-order valence-electron chi connectivity index (χ1n) is 7.03. The van der Waals surface area contributed by atoms with Crippen LogP contribution in [0.25, 0.3) is 0 Å². The SMILES string of the molecule is O=C(O)Nc1ccccc1COc1ccccc1C1CC1. The van der Waals surface area contributed by atoms with Crippen LogP contribution in [0.3, 0.4) is 0 Å². The number of rotatable bonds is 5. The van der Waals surface area contributed by atoms with Crippen molar-refractivity contribution in [1.82, 2.24) is 0 Å². The van der Waals surface area contributed by atoms with Gasteiger partial charge in [-0.3, -0.25) is 5.32 Å². The van der Waals surface area contributed by atoms with Crippen molar-refractivity contribution in [2.75, 3.05) is 5.32 Å². The van der Waals surface area contributed by atoms with Crippen LogP contribution >= 0.6 is 0 Å². The highest BCUT2D eigenvalue weighted by Gasteiger charge is 2.26. The summed E-state index contributed by atoms with van der Waals surface area (Å²) in [6.07, 6.45) is 1.37. The van der Waals surface area contributed by atoms with Gasteiger partial charge < -0.3 is 9.84 Å². The van der Waals surface area contributed by atoms with E-state index in [-0.39, 0.29) is 0 Å². The van der Waals surface area contributed by atoms with Gasteiger partial charge >= 0.3 is 6.09 Å². The Kier molecular flexibility index (Phi) is 3.77. The van der Waals surface area contributed by atoms with E-state index in [1.807, 2.05) is 30.3 Å². The lowest BCUT2D eigenvalue weighted by atomic mass is 10.1. The highest BCUT2D eigenvalue weighted by atomic mass is 16.5. The molecule has 0 atom stereocenters. The van der Waals surface area contributed by atoms with Crippen molar-refractivity contribution in [1.29, 1.82) is 0 Å². The van der Waals surface area contributed by atoms with E-state index in [1.54, 1.807) is 12.1 Å². The molecule has 0 heterocycles. The summed E-state index contributed by atoms with van der Waals surface area (Å²) in [5.74, 6) is 1.51. The van der Waals surface area contributed by atoms with E-state index in [9.17, 15) is 4.79 Å². The molecule has 0 spiro atoms. The number of hydrogen-bond acceptors (Lipinski definition) is 2. The summed E-state index contributed by atoms with van der Waals surface area (Å²) in [5, 5.41) is 11.2. The van der Waals surface area contributed by atoms with Gasteiger partial charge in [-0.1, -0.05) is 36.4 Å². The molecule has 108 valence electrons. The van der Waals surface area contributed by atoms with Gasteiger partial charge in [0.2, 0.25) is 0 Å². The van der Waals surface area contributed by atoms with Crippen LogP contribution < -0.4 is 10.1 Å². The zero-order valence-corrected chi connectivity index (χ0v) is 11.6. The first-order valence-corrected chi connectivity index (χ1v) is 7.03. The molecule has 0 aromatic heterocycles. The van der Waals surface area contributed by atoms with Crippen LogP contribution in [0.15, 0.2) is 48.5 Å². The smallest absolute Gasteiger partial charge is 0.409 e. The quantitative estimate of drug-likeness (QED) is 0.863. The van der Waals surface area contributed by atoms with Gasteiger partial charge in [0.15, 0.2) is 0 Å². The molecule has 0 bridgehead atoms. The van der Waals surface area contributed by atoms with Gasteiger partial charge in [0.05, 0.1) is 5.69 Å². The summed E-state index contributed by atoms with van der Waals surface area (Å²) in [7, 11) is 0. The molecule has 4 heteroatoms. The second kappa shape index (κ2) is 5.87. The Morgan fingerprint density at radius 1 is 1.14 bits per heavy atom. The van der Waals surface area contributed by atoms with Crippen LogP contribution in [0.1, 0.15) is 29.9 Å². The van der Waals surface area contributed by atoms with Crippen molar-refractivity contribution in [2.45, 2.75) is 25.4 Å². The molecule has 4 nitrogen and oxygen atoms in total. The predicted molar refractivity (Wildman–Crippen MR) is 80.8 cm³/mol. The summed E-state index contributed by atoms with van der Waals surface area (Å²) in [6, 6.07) is 15.3. The highest BCUT2D eigenvalue weighted by Crippen LogP contribution is 2.44. The van der Waals surface area contributed by atoms with Crippen LogP contribution in [0.4, 0.5) is 10.5 Å². The van der Waals surface area contributed by atoms with E-state index < -0.39 is 6.09 Å². The first kappa shape index (κ1) is 13.5. The standard InChI is InChI=1S/C17H17NO3/c19-17(20)18-15-7-3-1-5-13(15)11-21-16-8-4-2-6-14(16)12-9-10-12/h1-8,12,18H,9-11H2,(H,19,20). The van der Waals surface area contributed by atoms with Crippen molar-refractivity contribution in [3.05, 3.63) is 59.7 Å². The van der Waals surface area contributed by atoms with E-state index in [2.05, 4.69) is 11.4 Å². The number of para-hydroxylation sites is 2. The minimum Gasteiger partial charge on any atom is -0.489 e. The van der Waals surface area contributed by atoms with Gasteiger partial charge in [-0.15, -0.1) is 0 Å². The summed E-state index contributed by atoms with van der Waals surface area (Å²) in [6.45, 7) is 0.347. The fourth-order valence-electron chi connectivity index (χ4n) is 2.38. The van der Waals surface area contributed by atoms with Crippen LogP contribution in [0, 0.1) is 0 Å². The number of hydrogen-bond donors (Lipinski definition) is 2. The third-order valence-electron chi connectivity index (χ3n) is 3.58. The van der Waals surface area contributed by atoms with E-state index >= 15 is 0 Å². The van der Waals surface area contributed by atoms with Crippen molar-refractivity contribution in [3.8, 4) is 5.75 Å². The second-order valence-corrected chi connectivity index (χ2v) is 5.19. The Morgan fingerprint density at radius 2 is 1.86 bits per heavy atom. The summed E-state index contributed by atoms with van der Waals surface area (Å²) < 4.78 is 5.91. The minimum atomic E-state index is -1.07. The molecule has 1 fully saturated rings. The van der Waals surface area contributed by atoms with E-state index in [0.29, 0.717) is 18.2 Å². The largest absolute Gasteiger partial charge is 0.489 e. The Bertz CT molecular complexity index is 650. The molecule has 1 aliphatic carbocycles. The van der Waals surface area contributed by atoms with Crippen LogP contribution in [0.5, 0.6) is 5.75 Å². The topological polar surface area (TPSA) is 58.6 Å². The van der Waals surface area contributed by atoms with Gasteiger partial charge in [0.1, 0.15) is 12.4 Å². The van der Waals surface area contributed by atoms with Crippen molar-refractivity contribution >= 4 is 11.8 Å². The molecule has 2 aromatic carbocycles. The van der Waals surface area contributed by atoms with Gasteiger partial charge in [-0.25, -0.2) is 4.79 Å². The van der Waals surface area contributed by atoms with Crippen LogP contribution in [-0.2, 0) is 6.61 Å². The Labute approximate surface area is 123 Å². The first-order chi connectivity index (χ1) is 10.2. The lowest BCUT2D eigenvalue weighted by Crippen LogP contribution is -2.10. The monoisotopic (exact) mass is 283 g/mol. The lowest BCUT2D eigenvalue weighted by Gasteiger charge is -2.13. The number of nitrogens with one attached hydrogen (secondary N) is 1. The van der Waals surface area contributed by atoms with Crippen molar-refractivity contribution < 1.29 is 14.6 Å². The average Bonchev–Trinajstić information content (AvgIpc) is 3.31. The van der Waals surface area contributed by atoms with Gasteiger partial charge in [-0.05, 0) is 36.5 Å². The van der Waals surface area contributed by atoms with Gasteiger partial charge in [-0.2, -0.15) is 0 Å². The predicted octanol–water partition coefficient (Wildman–Crippen LogP) is 4.23. The molecule has 0 aliphatic heterocycles. The second-order valence-electron chi connectivity index (χ2n) is 5.19. The fraction of sp³-hybridized carbons (Fsp3) is 0.235. The third-order valence-corrected chi connectivity index (χ3v) is 3.58. The summed E-state index contributed by atoms with van der Waals surface area (Å²) in [4.78, 5) is 10.8. The Balaban J connectivity index is 1.75. The number of anilines is 1. The molecule has 1 saturated carbocycles. The maximum atomic E-state index is 10.8. The maximum Gasteiger partial charge on any atom is 0.409 e. The maximum absolute atomic E-state index is 10.8. The Morgan fingerprint density at radius 3 is 2.62 bits per heavy atom. The van der Waals surface area contributed by atoms with Gasteiger partial charge in [0, 0.05) is 5.56 Å². The number of carbonyl (C=O) groups is 1. The number of amides is 1. The zero-order chi connectivity index (χ0) is 14.7. The zero-order valence-electron chi connectivity index (χ0n) is 11.6. The summed E-state index contributed by atoms with van der Waals surface area (Å²) >= 11 is 0. The summed E-state index contributed by atoms with van der Waals surface area (Å²) in [5.41, 5.74) is 2.64. The molecule has 0 unspecified atom stereocenters. The number of ether oxygens (including phenoxy) is 1. The van der Waals surface area contributed by atoms with Gasteiger partial charge in [0.25, 0.3) is 0 Å². The molecular weight excluding hydrogens is 266 g/mol. The van der Waals surface area contributed by atoms with Crippen molar-refractivity contribution in [2.24, 2.45) is 0 Å². The molecule has 1 amide bonds. The minimum absolute atomic E-state index is 0.347. The average molecular weight is 283 g/mol.